The maximum Gasteiger partial charge on any atom is 0.267 e. The Morgan fingerprint density at radius 1 is 1.22 bits per heavy atom. The lowest BCUT2D eigenvalue weighted by Gasteiger charge is -2.30. The van der Waals surface area contributed by atoms with Crippen molar-refractivity contribution < 1.29 is 9.18 Å². The fourth-order valence-electron chi connectivity index (χ4n) is 3.37. The number of halogens is 1. The molecule has 1 aliphatic carbocycles. The topological polar surface area (TPSA) is 58.5 Å². The molecule has 1 aliphatic heterocycles. The number of amides is 1. The van der Waals surface area contributed by atoms with Gasteiger partial charge in [0.25, 0.3) is 5.91 Å². The number of aliphatic imine (C=N–C) groups is 1. The zero-order valence-corrected chi connectivity index (χ0v) is 16.5. The van der Waals surface area contributed by atoms with Crippen LogP contribution in [0, 0.1) is 12.7 Å². The average molecular weight is 403 g/mol. The first-order chi connectivity index (χ1) is 13.1. The molecule has 0 atom stereocenters. The van der Waals surface area contributed by atoms with E-state index in [1.165, 1.54) is 35.6 Å². The standard InChI is InChI=1S/C19H19FN4OS2/c1-12-22-23-18(26-12)21-19-24(14-8-3-2-4-9-14)17(25)16(27-19)11-13-7-5-6-10-15(13)20/h5-7,10-11,14H,2-4,8-9H2,1H3/b16-11-,21-19+. The Labute approximate surface area is 165 Å². The van der Waals surface area contributed by atoms with Gasteiger partial charge in [-0.1, -0.05) is 48.8 Å². The Morgan fingerprint density at radius 3 is 2.70 bits per heavy atom. The highest BCUT2D eigenvalue weighted by atomic mass is 32.2. The molecule has 0 bridgehead atoms. The molecule has 8 heteroatoms. The number of aryl methyl sites for hydroxylation is 1. The van der Waals surface area contributed by atoms with Gasteiger partial charge < -0.3 is 0 Å². The van der Waals surface area contributed by atoms with Gasteiger partial charge in [-0.2, -0.15) is 4.99 Å². The third-order valence-corrected chi connectivity index (χ3v) is 6.39. The normalized spacial score (nSPS) is 21.6. The van der Waals surface area contributed by atoms with E-state index in [-0.39, 0.29) is 17.8 Å². The molecule has 2 aliphatic rings. The maximum atomic E-state index is 14.0. The van der Waals surface area contributed by atoms with Crippen molar-refractivity contribution in [3.63, 3.8) is 0 Å². The molecule has 0 radical (unpaired) electrons. The largest absolute Gasteiger partial charge is 0.283 e. The fraction of sp³-hybridized carbons (Fsp3) is 0.368. The minimum atomic E-state index is -0.340. The molecule has 1 saturated heterocycles. The van der Waals surface area contributed by atoms with Crippen LogP contribution in [0.1, 0.15) is 42.7 Å². The van der Waals surface area contributed by atoms with Crippen LogP contribution >= 0.6 is 23.1 Å². The average Bonchev–Trinajstić information content (AvgIpc) is 3.21. The van der Waals surface area contributed by atoms with Crippen LogP contribution in [0.25, 0.3) is 6.08 Å². The second kappa shape index (κ2) is 7.90. The number of rotatable bonds is 3. The molecule has 0 N–H and O–H groups in total. The Bertz CT molecular complexity index is 918. The molecule has 1 aromatic heterocycles. The lowest BCUT2D eigenvalue weighted by atomic mass is 9.94. The number of thioether (sulfide) groups is 1. The van der Waals surface area contributed by atoms with Gasteiger partial charge in [0, 0.05) is 11.6 Å². The van der Waals surface area contributed by atoms with E-state index in [4.69, 9.17) is 0 Å². The number of nitrogens with zero attached hydrogens (tertiary/aromatic N) is 4. The first kappa shape index (κ1) is 18.3. The predicted molar refractivity (Wildman–Crippen MR) is 107 cm³/mol. The Balaban J connectivity index is 1.71. The highest BCUT2D eigenvalue weighted by Crippen LogP contribution is 2.38. The van der Waals surface area contributed by atoms with Crippen molar-refractivity contribution in [1.29, 1.82) is 0 Å². The number of hydrogen-bond acceptors (Lipinski definition) is 6. The first-order valence-corrected chi connectivity index (χ1v) is 10.6. The van der Waals surface area contributed by atoms with Crippen LogP contribution in [0.3, 0.4) is 0 Å². The second-order valence-electron chi connectivity index (χ2n) is 6.60. The monoisotopic (exact) mass is 402 g/mol. The first-order valence-electron chi connectivity index (χ1n) is 8.98. The molecule has 1 amide bonds. The van der Waals surface area contributed by atoms with E-state index >= 15 is 0 Å². The molecule has 140 valence electrons. The summed E-state index contributed by atoms with van der Waals surface area (Å²) in [5, 5.41) is 10.0. The van der Waals surface area contributed by atoms with Crippen molar-refractivity contribution >= 4 is 45.4 Å². The molecule has 1 saturated carbocycles. The van der Waals surface area contributed by atoms with Crippen LogP contribution in [0.2, 0.25) is 0 Å². The van der Waals surface area contributed by atoms with Crippen molar-refractivity contribution in [3.05, 3.63) is 45.6 Å². The van der Waals surface area contributed by atoms with Gasteiger partial charge in [-0.25, -0.2) is 4.39 Å². The van der Waals surface area contributed by atoms with Crippen LogP contribution in [0.4, 0.5) is 9.52 Å². The lowest BCUT2D eigenvalue weighted by molar-refractivity contribution is -0.124. The summed E-state index contributed by atoms with van der Waals surface area (Å²) in [5.74, 6) is -0.442. The minimum absolute atomic E-state index is 0.102. The van der Waals surface area contributed by atoms with E-state index in [2.05, 4.69) is 15.2 Å². The number of carbonyl (C=O) groups excluding carboxylic acids is 1. The van der Waals surface area contributed by atoms with Gasteiger partial charge in [0.05, 0.1) is 4.91 Å². The third-order valence-electron chi connectivity index (χ3n) is 4.68. The summed E-state index contributed by atoms with van der Waals surface area (Å²) in [6, 6.07) is 6.61. The zero-order valence-electron chi connectivity index (χ0n) is 14.9. The van der Waals surface area contributed by atoms with Crippen molar-refractivity contribution in [2.75, 3.05) is 0 Å². The molecule has 2 aromatic rings. The summed E-state index contributed by atoms with van der Waals surface area (Å²) >= 11 is 2.68. The molecule has 4 rings (SSSR count). The SMILES string of the molecule is Cc1nnc(/N=C2/S/C(=C\c3ccccc3F)C(=O)N2C2CCCCC2)s1. The molecule has 0 unspecified atom stereocenters. The van der Waals surface area contributed by atoms with Gasteiger partial charge in [-0.15, -0.1) is 10.2 Å². The van der Waals surface area contributed by atoms with E-state index in [1.54, 1.807) is 29.2 Å². The number of amidine groups is 1. The molecule has 0 spiro atoms. The summed E-state index contributed by atoms with van der Waals surface area (Å²) in [6.07, 6.45) is 6.96. The van der Waals surface area contributed by atoms with E-state index in [0.29, 0.717) is 20.8 Å². The smallest absolute Gasteiger partial charge is 0.267 e. The Hall–Kier alpha value is -2.06. The number of carbonyl (C=O) groups is 1. The number of benzene rings is 1. The van der Waals surface area contributed by atoms with E-state index in [9.17, 15) is 9.18 Å². The predicted octanol–water partition coefficient (Wildman–Crippen LogP) is 4.92. The number of aromatic nitrogens is 2. The summed E-state index contributed by atoms with van der Waals surface area (Å²) in [6.45, 7) is 1.87. The van der Waals surface area contributed by atoms with Crippen LogP contribution in [-0.4, -0.2) is 32.2 Å². The van der Waals surface area contributed by atoms with Gasteiger partial charge in [-0.05, 0) is 43.7 Å². The van der Waals surface area contributed by atoms with E-state index < -0.39 is 0 Å². The molecular formula is C19H19FN4OS2. The molecule has 1 aromatic carbocycles. The van der Waals surface area contributed by atoms with Crippen molar-refractivity contribution in [2.24, 2.45) is 4.99 Å². The maximum absolute atomic E-state index is 14.0. The van der Waals surface area contributed by atoms with Crippen molar-refractivity contribution in [3.8, 4) is 0 Å². The quantitative estimate of drug-likeness (QED) is 0.684. The van der Waals surface area contributed by atoms with Crippen molar-refractivity contribution in [1.82, 2.24) is 15.1 Å². The van der Waals surface area contributed by atoms with Gasteiger partial charge in [-0.3, -0.25) is 9.69 Å². The number of hydrogen-bond donors (Lipinski definition) is 0. The van der Waals surface area contributed by atoms with Gasteiger partial charge >= 0.3 is 0 Å². The van der Waals surface area contributed by atoms with E-state index in [1.807, 2.05) is 6.92 Å². The van der Waals surface area contributed by atoms with Gasteiger partial charge in [0.2, 0.25) is 5.13 Å². The molecule has 5 nitrogen and oxygen atoms in total. The molecule has 27 heavy (non-hydrogen) atoms. The highest BCUT2D eigenvalue weighted by Gasteiger charge is 2.39. The third kappa shape index (κ3) is 3.96. The minimum Gasteiger partial charge on any atom is -0.283 e. The van der Waals surface area contributed by atoms with Gasteiger partial charge in [0.15, 0.2) is 5.17 Å². The molecular weight excluding hydrogens is 383 g/mol. The Kier molecular flexibility index (Phi) is 5.36. The molecule has 2 heterocycles. The Morgan fingerprint density at radius 2 is 2.00 bits per heavy atom. The highest BCUT2D eigenvalue weighted by molar-refractivity contribution is 8.18. The lowest BCUT2D eigenvalue weighted by Crippen LogP contribution is -2.40. The summed E-state index contributed by atoms with van der Waals surface area (Å²) in [4.78, 5) is 20.0. The fourth-order valence-corrected chi connectivity index (χ4v) is 5.02. The van der Waals surface area contributed by atoms with Crippen LogP contribution < -0.4 is 0 Å². The summed E-state index contributed by atoms with van der Waals surface area (Å²) < 4.78 is 14.0. The van der Waals surface area contributed by atoms with Crippen molar-refractivity contribution in [2.45, 2.75) is 45.1 Å². The summed E-state index contributed by atoms with van der Waals surface area (Å²) in [7, 11) is 0. The van der Waals surface area contributed by atoms with E-state index in [0.717, 1.165) is 30.7 Å². The molecule has 2 fully saturated rings. The van der Waals surface area contributed by atoms with Crippen LogP contribution in [-0.2, 0) is 4.79 Å². The second-order valence-corrected chi connectivity index (χ2v) is 8.77. The zero-order chi connectivity index (χ0) is 18.8. The van der Waals surface area contributed by atoms with Gasteiger partial charge in [0.1, 0.15) is 10.8 Å². The van der Waals surface area contributed by atoms with Crippen LogP contribution in [0.5, 0.6) is 0 Å². The van der Waals surface area contributed by atoms with Crippen LogP contribution in [0.15, 0.2) is 34.2 Å². The summed E-state index contributed by atoms with van der Waals surface area (Å²) in [5.41, 5.74) is 0.407.